The van der Waals surface area contributed by atoms with Crippen LogP contribution in [0.1, 0.15) is 16.7 Å². The smallest absolute Gasteiger partial charge is 0.406 e. The van der Waals surface area contributed by atoms with Gasteiger partial charge in [-0.15, -0.1) is 13.2 Å². The first-order chi connectivity index (χ1) is 11.5. The van der Waals surface area contributed by atoms with Crippen LogP contribution >= 0.6 is 11.6 Å². The third-order valence-corrected chi connectivity index (χ3v) is 3.70. The lowest BCUT2D eigenvalue weighted by Crippen LogP contribution is -2.17. The van der Waals surface area contributed by atoms with Gasteiger partial charge in [0.2, 0.25) is 0 Å². The lowest BCUT2D eigenvalue weighted by atomic mass is 10.0. The highest BCUT2D eigenvalue weighted by Crippen LogP contribution is 2.43. The van der Waals surface area contributed by atoms with Crippen molar-refractivity contribution in [3.63, 3.8) is 0 Å². The Kier molecular flexibility index (Phi) is 4.18. The van der Waals surface area contributed by atoms with Crippen LogP contribution in [0.25, 0.3) is 0 Å². The lowest BCUT2D eigenvalue weighted by Gasteiger charge is -2.10. The predicted molar refractivity (Wildman–Crippen MR) is 79.5 cm³/mol. The van der Waals surface area contributed by atoms with Gasteiger partial charge in [-0.3, -0.25) is 4.99 Å². The highest BCUT2D eigenvalue weighted by molar-refractivity contribution is 6.31. The van der Waals surface area contributed by atoms with Crippen molar-refractivity contribution < 1.29 is 31.1 Å². The van der Waals surface area contributed by atoms with Crippen molar-refractivity contribution in [1.29, 1.82) is 0 Å². The van der Waals surface area contributed by atoms with Crippen LogP contribution < -0.4 is 4.74 Å². The summed E-state index contributed by atoms with van der Waals surface area (Å²) in [6.07, 6.45) is -9.34. The van der Waals surface area contributed by atoms with Gasteiger partial charge in [0.25, 0.3) is 0 Å². The van der Waals surface area contributed by atoms with Crippen LogP contribution in [0.5, 0.6) is 5.75 Å². The van der Waals surface area contributed by atoms with E-state index in [1.54, 1.807) is 0 Å². The first-order valence-electron chi connectivity index (χ1n) is 6.86. The normalized spacial score (nSPS) is 14.3. The zero-order chi connectivity index (χ0) is 18.4. The number of hydrogen-bond donors (Lipinski definition) is 0. The van der Waals surface area contributed by atoms with Gasteiger partial charge in [-0.1, -0.05) is 11.6 Å². The molecule has 0 bridgehead atoms. The van der Waals surface area contributed by atoms with E-state index in [0.717, 1.165) is 18.2 Å². The highest BCUT2D eigenvalue weighted by atomic mass is 35.5. The first-order valence-corrected chi connectivity index (χ1v) is 7.24. The van der Waals surface area contributed by atoms with E-state index in [-0.39, 0.29) is 17.1 Å². The number of benzene rings is 2. The van der Waals surface area contributed by atoms with Crippen LogP contribution in [0, 0.1) is 0 Å². The molecule has 2 aromatic carbocycles. The Balaban J connectivity index is 1.93. The molecule has 0 atom stereocenters. The zero-order valence-corrected chi connectivity index (χ0v) is 12.9. The van der Waals surface area contributed by atoms with Crippen LogP contribution in [-0.2, 0) is 12.6 Å². The number of halogens is 7. The molecule has 0 N–H and O–H groups in total. The standard InChI is InChI=1S/C16H8ClF6NO/c17-10-5-9-6-13(24-14(9)12(7-10)15(18,19)20)8-1-3-11(4-2-8)25-16(21,22)23/h1-5,7H,6H2. The van der Waals surface area contributed by atoms with Crippen molar-refractivity contribution in [2.45, 2.75) is 19.0 Å². The number of hydrogen-bond acceptors (Lipinski definition) is 2. The van der Waals surface area contributed by atoms with Crippen molar-refractivity contribution >= 4 is 23.0 Å². The van der Waals surface area contributed by atoms with Gasteiger partial charge < -0.3 is 4.74 Å². The first kappa shape index (κ1) is 17.6. The summed E-state index contributed by atoms with van der Waals surface area (Å²) in [4.78, 5) is 4.01. The molecule has 0 aromatic heterocycles. The summed E-state index contributed by atoms with van der Waals surface area (Å²) in [5.74, 6) is -0.425. The Morgan fingerprint density at radius 3 is 2.16 bits per heavy atom. The second kappa shape index (κ2) is 5.94. The maximum Gasteiger partial charge on any atom is 0.573 e. The number of ether oxygens (including phenoxy) is 1. The summed E-state index contributed by atoms with van der Waals surface area (Å²) >= 11 is 5.74. The van der Waals surface area contributed by atoms with Gasteiger partial charge in [0, 0.05) is 11.4 Å². The second-order valence-electron chi connectivity index (χ2n) is 5.27. The van der Waals surface area contributed by atoms with E-state index in [4.69, 9.17) is 11.6 Å². The number of aliphatic imine (C=N–C) groups is 1. The number of fused-ring (bicyclic) bond motifs is 1. The van der Waals surface area contributed by atoms with Gasteiger partial charge in [-0.05, 0) is 47.5 Å². The third-order valence-electron chi connectivity index (χ3n) is 3.48. The van der Waals surface area contributed by atoms with Gasteiger partial charge in [0.05, 0.1) is 17.0 Å². The summed E-state index contributed by atoms with van der Waals surface area (Å²) in [5, 5.41) is -0.0588. The summed E-state index contributed by atoms with van der Waals surface area (Å²) in [6, 6.07) is 6.95. The van der Waals surface area contributed by atoms with E-state index in [9.17, 15) is 26.3 Å². The van der Waals surface area contributed by atoms with E-state index in [2.05, 4.69) is 9.73 Å². The average molecular weight is 380 g/mol. The van der Waals surface area contributed by atoms with Crippen LogP contribution in [0.2, 0.25) is 5.02 Å². The molecule has 2 aromatic rings. The molecule has 3 rings (SSSR count). The zero-order valence-electron chi connectivity index (χ0n) is 12.2. The van der Waals surface area contributed by atoms with Gasteiger partial charge in [0.1, 0.15) is 5.75 Å². The molecule has 1 heterocycles. The summed E-state index contributed by atoms with van der Waals surface area (Å²) in [5.41, 5.74) is -0.147. The van der Waals surface area contributed by atoms with Crippen LogP contribution in [0.15, 0.2) is 41.4 Å². The molecule has 0 fully saturated rings. The Hall–Kier alpha value is -2.22. The molecule has 2 nitrogen and oxygen atoms in total. The molecular formula is C16H8ClF6NO. The molecule has 1 aliphatic heterocycles. The van der Waals surface area contributed by atoms with Crippen molar-refractivity contribution in [3.8, 4) is 5.75 Å². The Morgan fingerprint density at radius 2 is 1.60 bits per heavy atom. The van der Waals surface area contributed by atoms with Crippen LogP contribution in [0.3, 0.4) is 0 Å². The minimum absolute atomic E-state index is 0.0588. The molecule has 0 amide bonds. The highest BCUT2D eigenvalue weighted by Gasteiger charge is 2.37. The summed E-state index contributed by atoms with van der Waals surface area (Å²) < 4.78 is 79.5. The van der Waals surface area contributed by atoms with Gasteiger partial charge in [-0.25, -0.2) is 0 Å². The molecule has 0 aliphatic carbocycles. The number of alkyl halides is 6. The molecule has 9 heteroatoms. The van der Waals surface area contributed by atoms with Crippen molar-refractivity contribution in [1.82, 2.24) is 0 Å². The quantitative estimate of drug-likeness (QED) is 0.592. The molecule has 132 valence electrons. The molecule has 0 unspecified atom stereocenters. The lowest BCUT2D eigenvalue weighted by molar-refractivity contribution is -0.274. The minimum atomic E-state index is -4.82. The predicted octanol–water partition coefficient (Wildman–Crippen LogP) is 5.93. The van der Waals surface area contributed by atoms with Gasteiger partial charge >= 0.3 is 12.5 Å². The molecule has 0 saturated carbocycles. The van der Waals surface area contributed by atoms with Crippen molar-refractivity contribution in [2.75, 3.05) is 0 Å². The summed E-state index contributed by atoms with van der Waals surface area (Å²) in [6.45, 7) is 0. The van der Waals surface area contributed by atoms with E-state index < -0.39 is 23.9 Å². The molecule has 0 spiro atoms. The third kappa shape index (κ3) is 3.89. The Labute approximate surface area is 142 Å². The van der Waals surface area contributed by atoms with E-state index in [1.165, 1.54) is 18.2 Å². The van der Waals surface area contributed by atoms with Crippen LogP contribution in [-0.4, -0.2) is 12.1 Å². The van der Waals surface area contributed by atoms with Gasteiger partial charge in [0.15, 0.2) is 0 Å². The van der Waals surface area contributed by atoms with E-state index in [0.29, 0.717) is 16.8 Å². The number of nitrogens with zero attached hydrogens (tertiary/aromatic N) is 1. The van der Waals surface area contributed by atoms with E-state index >= 15 is 0 Å². The summed E-state index contributed by atoms with van der Waals surface area (Å²) in [7, 11) is 0. The monoisotopic (exact) mass is 379 g/mol. The topological polar surface area (TPSA) is 21.6 Å². The SMILES string of the molecule is FC(F)(F)Oc1ccc(C2=Nc3c(cc(Cl)cc3C(F)(F)F)C2)cc1. The minimum Gasteiger partial charge on any atom is -0.406 e. The molecular weight excluding hydrogens is 372 g/mol. The largest absolute Gasteiger partial charge is 0.573 e. The average Bonchev–Trinajstić information content (AvgIpc) is 2.88. The molecule has 0 radical (unpaired) electrons. The molecule has 25 heavy (non-hydrogen) atoms. The maximum atomic E-state index is 13.1. The molecule has 0 saturated heterocycles. The fourth-order valence-electron chi connectivity index (χ4n) is 2.51. The van der Waals surface area contributed by atoms with Gasteiger partial charge in [-0.2, -0.15) is 13.2 Å². The maximum absolute atomic E-state index is 13.1. The van der Waals surface area contributed by atoms with E-state index in [1.807, 2.05) is 0 Å². The number of rotatable bonds is 2. The van der Waals surface area contributed by atoms with Crippen LogP contribution in [0.4, 0.5) is 32.0 Å². The fourth-order valence-corrected chi connectivity index (χ4v) is 2.75. The van der Waals surface area contributed by atoms with Crippen molar-refractivity contribution in [3.05, 3.63) is 58.1 Å². The Bertz CT molecular complexity index is 839. The fraction of sp³-hybridized carbons (Fsp3) is 0.188. The Morgan fingerprint density at radius 1 is 0.960 bits per heavy atom. The van der Waals surface area contributed by atoms with Crippen molar-refractivity contribution in [2.24, 2.45) is 4.99 Å². The second-order valence-corrected chi connectivity index (χ2v) is 5.70. The molecule has 1 aliphatic rings.